The van der Waals surface area contributed by atoms with E-state index in [1.165, 1.54) is 6.07 Å². The van der Waals surface area contributed by atoms with Crippen molar-refractivity contribution >= 4 is 27.6 Å². The van der Waals surface area contributed by atoms with Crippen LogP contribution in [0.15, 0.2) is 16.6 Å². The van der Waals surface area contributed by atoms with Crippen molar-refractivity contribution in [1.82, 2.24) is 0 Å². The van der Waals surface area contributed by atoms with E-state index in [-0.39, 0.29) is 11.3 Å². The Morgan fingerprint density at radius 1 is 1.53 bits per heavy atom. The van der Waals surface area contributed by atoms with Gasteiger partial charge in [0.05, 0.1) is 17.9 Å². The molecular formula is C12H15BrFNO2. The minimum Gasteiger partial charge on any atom is -0.462 e. The number of nitrogen functional groups attached to an aromatic ring is 1. The number of hydrogen-bond donors (Lipinski definition) is 1. The van der Waals surface area contributed by atoms with E-state index in [2.05, 4.69) is 15.9 Å². The Hall–Kier alpha value is -1.10. The van der Waals surface area contributed by atoms with Crippen LogP contribution in [0.3, 0.4) is 0 Å². The van der Waals surface area contributed by atoms with Crippen molar-refractivity contribution in [3.63, 3.8) is 0 Å². The standard InChI is InChI=1S/C12H15BrFNO2/c1-7(2)3-4-17-12(16)8-5-11(15)10(14)6-9(8)13/h5-7H,3-4,15H2,1-2H3. The monoisotopic (exact) mass is 303 g/mol. The summed E-state index contributed by atoms with van der Waals surface area (Å²) >= 11 is 3.11. The molecule has 0 atom stereocenters. The quantitative estimate of drug-likeness (QED) is 0.685. The maximum atomic E-state index is 13.1. The molecule has 1 rings (SSSR count). The lowest BCUT2D eigenvalue weighted by atomic mass is 10.1. The van der Waals surface area contributed by atoms with Crippen molar-refractivity contribution in [3.8, 4) is 0 Å². The van der Waals surface area contributed by atoms with Crippen LogP contribution in [0, 0.1) is 11.7 Å². The molecule has 0 unspecified atom stereocenters. The van der Waals surface area contributed by atoms with Gasteiger partial charge in [0.1, 0.15) is 5.82 Å². The van der Waals surface area contributed by atoms with Crippen LogP contribution in [0.4, 0.5) is 10.1 Å². The van der Waals surface area contributed by atoms with E-state index in [4.69, 9.17) is 10.5 Å². The molecule has 17 heavy (non-hydrogen) atoms. The van der Waals surface area contributed by atoms with Gasteiger partial charge in [-0.1, -0.05) is 13.8 Å². The molecular weight excluding hydrogens is 289 g/mol. The molecule has 0 aliphatic rings. The van der Waals surface area contributed by atoms with Gasteiger partial charge in [-0.05, 0) is 40.4 Å². The Labute approximate surface area is 108 Å². The number of esters is 1. The molecule has 2 N–H and O–H groups in total. The molecule has 1 aromatic rings. The number of benzene rings is 1. The second-order valence-electron chi connectivity index (χ2n) is 4.17. The van der Waals surface area contributed by atoms with Crippen LogP contribution in [0.1, 0.15) is 30.6 Å². The van der Waals surface area contributed by atoms with Gasteiger partial charge in [-0.15, -0.1) is 0 Å². The molecule has 0 radical (unpaired) electrons. The first-order chi connectivity index (χ1) is 7.91. The minimum absolute atomic E-state index is 0.0657. The minimum atomic E-state index is -0.560. The van der Waals surface area contributed by atoms with Crippen LogP contribution in [0.5, 0.6) is 0 Å². The molecule has 3 nitrogen and oxygen atoms in total. The Morgan fingerprint density at radius 3 is 2.76 bits per heavy atom. The second kappa shape index (κ2) is 6.00. The first kappa shape index (κ1) is 14.0. The SMILES string of the molecule is CC(C)CCOC(=O)c1cc(N)c(F)cc1Br. The number of carbonyl (C=O) groups excluding carboxylic acids is 1. The predicted molar refractivity (Wildman–Crippen MR) is 68.2 cm³/mol. The number of anilines is 1. The van der Waals surface area contributed by atoms with Crippen LogP contribution < -0.4 is 5.73 Å². The lowest BCUT2D eigenvalue weighted by molar-refractivity contribution is 0.0487. The van der Waals surface area contributed by atoms with E-state index in [0.717, 1.165) is 12.5 Å². The Kier molecular flexibility index (Phi) is 4.93. The molecule has 5 heteroatoms. The third kappa shape index (κ3) is 4.00. The van der Waals surface area contributed by atoms with E-state index in [9.17, 15) is 9.18 Å². The lowest BCUT2D eigenvalue weighted by Crippen LogP contribution is -2.09. The molecule has 0 aliphatic carbocycles. The maximum absolute atomic E-state index is 13.1. The number of rotatable bonds is 4. The third-order valence-electron chi connectivity index (χ3n) is 2.23. The van der Waals surface area contributed by atoms with Crippen molar-refractivity contribution in [2.75, 3.05) is 12.3 Å². The third-order valence-corrected chi connectivity index (χ3v) is 2.89. The summed E-state index contributed by atoms with van der Waals surface area (Å²) in [5.41, 5.74) is 5.58. The summed E-state index contributed by atoms with van der Waals surface area (Å²) in [6.07, 6.45) is 0.792. The highest BCUT2D eigenvalue weighted by molar-refractivity contribution is 9.10. The van der Waals surface area contributed by atoms with Crippen LogP contribution >= 0.6 is 15.9 Å². The highest BCUT2D eigenvalue weighted by Gasteiger charge is 2.14. The van der Waals surface area contributed by atoms with Crippen molar-refractivity contribution in [2.24, 2.45) is 5.92 Å². The molecule has 0 bridgehead atoms. The van der Waals surface area contributed by atoms with Crippen molar-refractivity contribution in [1.29, 1.82) is 0 Å². The van der Waals surface area contributed by atoms with Crippen LogP contribution in [-0.2, 0) is 4.74 Å². The van der Waals surface area contributed by atoms with Gasteiger partial charge in [-0.2, -0.15) is 0 Å². The molecule has 0 spiro atoms. The Bertz CT molecular complexity index is 421. The van der Waals surface area contributed by atoms with Gasteiger partial charge in [0.25, 0.3) is 0 Å². The predicted octanol–water partition coefficient (Wildman–Crippen LogP) is 3.37. The molecule has 1 aromatic carbocycles. The molecule has 0 fully saturated rings. The first-order valence-electron chi connectivity index (χ1n) is 5.33. The summed E-state index contributed by atoms with van der Waals surface area (Å²) in [5, 5.41) is 0. The highest BCUT2D eigenvalue weighted by Crippen LogP contribution is 2.23. The molecule has 0 amide bonds. The lowest BCUT2D eigenvalue weighted by Gasteiger charge is -2.09. The number of carbonyl (C=O) groups is 1. The largest absolute Gasteiger partial charge is 0.462 e. The number of halogens is 2. The highest BCUT2D eigenvalue weighted by atomic mass is 79.9. The van der Waals surface area contributed by atoms with Gasteiger partial charge < -0.3 is 10.5 Å². The number of hydrogen-bond acceptors (Lipinski definition) is 3. The summed E-state index contributed by atoms with van der Waals surface area (Å²) in [5.74, 6) is -0.593. The normalized spacial score (nSPS) is 10.6. The van der Waals surface area contributed by atoms with Gasteiger partial charge in [0.15, 0.2) is 0 Å². The zero-order chi connectivity index (χ0) is 13.0. The smallest absolute Gasteiger partial charge is 0.339 e. The van der Waals surface area contributed by atoms with Crippen molar-refractivity contribution in [2.45, 2.75) is 20.3 Å². The average molecular weight is 304 g/mol. The molecule has 0 saturated carbocycles. The van der Waals surface area contributed by atoms with Crippen LogP contribution in [-0.4, -0.2) is 12.6 Å². The first-order valence-corrected chi connectivity index (χ1v) is 6.12. The second-order valence-corrected chi connectivity index (χ2v) is 5.03. The fourth-order valence-corrected chi connectivity index (χ4v) is 1.66. The average Bonchev–Trinajstić information content (AvgIpc) is 2.22. The van der Waals surface area contributed by atoms with Crippen LogP contribution in [0.2, 0.25) is 0 Å². The number of ether oxygens (including phenoxy) is 1. The van der Waals surface area contributed by atoms with E-state index in [1.54, 1.807) is 0 Å². The molecule has 0 aliphatic heterocycles. The van der Waals surface area contributed by atoms with Gasteiger partial charge in [-0.3, -0.25) is 0 Å². The zero-order valence-corrected chi connectivity index (χ0v) is 11.4. The van der Waals surface area contributed by atoms with Gasteiger partial charge in [0, 0.05) is 4.47 Å². The maximum Gasteiger partial charge on any atom is 0.339 e. The van der Waals surface area contributed by atoms with E-state index >= 15 is 0 Å². The van der Waals surface area contributed by atoms with E-state index in [0.29, 0.717) is 17.0 Å². The van der Waals surface area contributed by atoms with Crippen molar-refractivity contribution in [3.05, 3.63) is 28.0 Å². The molecule has 0 saturated heterocycles. The number of nitrogens with two attached hydrogens (primary N) is 1. The van der Waals surface area contributed by atoms with E-state index < -0.39 is 11.8 Å². The summed E-state index contributed by atoms with van der Waals surface area (Å²) < 4.78 is 18.5. The van der Waals surface area contributed by atoms with E-state index in [1.807, 2.05) is 13.8 Å². The summed E-state index contributed by atoms with van der Waals surface area (Å²) in [4.78, 5) is 11.7. The van der Waals surface area contributed by atoms with Gasteiger partial charge in [0.2, 0.25) is 0 Å². The summed E-state index contributed by atoms with van der Waals surface area (Å²) in [6, 6.07) is 2.44. The fourth-order valence-electron chi connectivity index (χ4n) is 1.19. The Balaban J connectivity index is 2.72. The summed E-state index contributed by atoms with van der Waals surface area (Å²) in [7, 11) is 0. The Morgan fingerprint density at radius 2 is 2.18 bits per heavy atom. The fraction of sp³-hybridized carbons (Fsp3) is 0.417. The molecule has 0 aromatic heterocycles. The van der Waals surface area contributed by atoms with Gasteiger partial charge in [-0.25, -0.2) is 9.18 Å². The van der Waals surface area contributed by atoms with Crippen LogP contribution in [0.25, 0.3) is 0 Å². The molecule has 0 heterocycles. The van der Waals surface area contributed by atoms with Gasteiger partial charge >= 0.3 is 5.97 Å². The van der Waals surface area contributed by atoms with Crippen molar-refractivity contribution < 1.29 is 13.9 Å². The topological polar surface area (TPSA) is 52.3 Å². The molecule has 94 valence electrons. The summed E-state index contributed by atoms with van der Waals surface area (Å²) in [6.45, 7) is 4.43. The zero-order valence-electron chi connectivity index (χ0n) is 9.80.